The van der Waals surface area contributed by atoms with Crippen molar-refractivity contribution >= 4 is 37.6 Å². The molecule has 0 saturated carbocycles. The maximum Gasteiger partial charge on any atom is 0.469 e. The Morgan fingerprint density at radius 1 is 1.61 bits per heavy atom. The Balaban J connectivity index is 1.85. The maximum atomic E-state index is 11.8. The Kier molecular flexibility index (Phi) is 4.21. The lowest BCUT2D eigenvalue weighted by Crippen LogP contribution is -2.18. The van der Waals surface area contributed by atoms with Gasteiger partial charge >= 0.3 is 7.82 Å². The molecule has 5 N–H and O–H groups in total. The summed E-state index contributed by atoms with van der Waals surface area (Å²) in [6, 6.07) is 0. The first-order valence-electron chi connectivity index (χ1n) is 6.50. The first-order chi connectivity index (χ1) is 10.7. The predicted molar refractivity (Wildman–Crippen MR) is 81.9 cm³/mol. The molecule has 2 aromatic heterocycles. The second-order valence-electron chi connectivity index (χ2n) is 5.01. The third-order valence-corrected chi connectivity index (χ3v) is 4.27. The van der Waals surface area contributed by atoms with Gasteiger partial charge < -0.3 is 20.3 Å². The summed E-state index contributed by atoms with van der Waals surface area (Å²) in [7, 11) is -4.57. The van der Waals surface area contributed by atoms with Gasteiger partial charge in [0.15, 0.2) is 11.2 Å². The van der Waals surface area contributed by atoms with E-state index in [0.29, 0.717) is 6.42 Å². The fourth-order valence-electron chi connectivity index (χ4n) is 2.40. The summed E-state index contributed by atoms with van der Waals surface area (Å²) in [5.41, 5.74) is 5.42. The highest BCUT2D eigenvalue weighted by Gasteiger charge is 2.36. The molecular weight excluding hydrogens is 349 g/mol. The molecule has 3 rings (SSSR count). The summed E-state index contributed by atoms with van der Waals surface area (Å²) in [4.78, 5) is 39.6. The van der Waals surface area contributed by atoms with Gasteiger partial charge in [-0.05, 0) is 6.42 Å². The van der Waals surface area contributed by atoms with E-state index in [1.54, 1.807) is 0 Å². The van der Waals surface area contributed by atoms with Crippen LogP contribution in [0.25, 0.3) is 11.2 Å². The minimum absolute atomic E-state index is 0.0562. The molecule has 13 heteroatoms. The number of nitrogens with two attached hydrogens (primary N) is 1. The average Bonchev–Trinajstić information content (AvgIpc) is 2.99. The second-order valence-corrected chi connectivity index (χ2v) is 6.92. The third kappa shape index (κ3) is 3.42. The van der Waals surface area contributed by atoms with Crippen LogP contribution < -0.4 is 11.3 Å². The van der Waals surface area contributed by atoms with Gasteiger partial charge in [0, 0.05) is 5.25 Å². The van der Waals surface area contributed by atoms with Gasteiger partial charge in [0.25, 0.3) is 5.56 Å². The van der Waals surface area contributed by atoms with Crippen molar-refractivity contribution in [2.45, 2.75) is 24.0 Å². The van der Waals surface area contributed by atoms with E-state index >= 15 is 0 Å². The van der Waals surface area contributed by atoms with Crippen LogP contribution in [0.4, 0.5) is 5.95 Å². The van der Waals surface area contributed by atoms with E-state index in [4.69, 9.17) is 20.3 Å². The molecule has 1 fully saturated rings. The Bertz CT molecular complexity index is 833. The molecule has 0 amide bonds. The normalized spacial score (nSPS) is 25.3. The van der Waals surface area contributed by atoms with Gasteiger partial charge in [-0.3, -0.25) is 18.9 Å². The highest BCUT2D eigenvalue weighted by atomic mass is 32.1. The molecule has 126 valence electrons. The number of fused-ring (bicyclic) bond motifs is 1. The molecule has 1 aliphatic heterocycles. The average molecular weight is 363 g/mol. The van der Waals surface area contributed by atoms with Crippen LogP contribution in [-0.4, -0.2) is 47.3 Å². The fraction of sp³-hybridized carbons (Fsp3) is 0.500. The van der Waals surface area contributed by atoms with Crippen LogP contribution >= 0.6 is 20.5 Å². The number of phosphoric ester groups is 1. The summed E-state index contributed by atoms with van der Waals surface area (Å²) < 4.78 is 22.4. The number of aromatic amines is 1. The summed E-state index contributed by atoms with van der Waals surface area (Å²) >= 11 is 4.41. The molecule has 0 radical (unpaired) electrons. The van der Waals surface area contributed by atoms with Gasteiger partial charge in [-0.2, -0.15) is 17.6 Å². The highest BCUT2D eigenvalue weighted by Crippen LogP contribution is 2.39. The van der Waals surface area contributed by atoms with Crippen molar-refractivity contribution < 1.29 is 23.6 Å². The van der Waals surface area contributed by atoms with Crippen LogP contribution in [0.1, 0.15) is 12.6 Å². The van der Waals surface area contributed by atoms with Crippen molar-refractivity contribution in [2.24, 2.45) is 0 Å². The lowest BCUT2D eigenvalue weighted by atomic mass is 10.2. The van der Waals surface area contributed by atoms with Gasteiger partial charge in [-0.25, -0.2) is 9.55 Å². The molecule has 1 saturated heterocycles. The Morgan fingerprint density at radius 3 is 3.04 bits per heavy atom. The monoisotopic (exact) mass is 363 g/mol. The summed E-state index contributed by atoms with van der Waals surface area (Å²) in [5.74, 6) is -0.0562. The molecule has 3 heterocycles. The fourth-order valence-corrected chi connectivity index (χ4v) is 3.21. The van der Waals surface area contributed by atoms with Gasteiger partial charge in [-0.15, -0.1) is 0 Å². The zero-order valence-corrected chi connectivity index (χ0v) is 13.4. The summed E-state index contributed by atoms with van der Waals surface area (Å²) in [6.07, 6.45) is 0.591. The first-order valence-corrected chi connectivity index (χ1v) is 8.55. The third-order valence-electron chi connectivity index (χ3n) is 3.32. The van der Waals surface area contributed by atoms with E-state index in [-0.39, 0.29) is 29.0 Å². The summed E-state index contributed by atoms with van der Waals surface area (Å²) in [6.45, 7) is -0.277. The van der Waals surface area contributed by atoms with E-state index in [2.05, 4.69) is 32.1 Å². The van der Waals surface area contributed by atoms with E-state index in [9.17, 15) is 9.36 Å². The quantitative estimate of drug-likeness (QED) is 0.352. The number of imidazole rings is 1. The van der Waals surface area contributed by atoms with Crippen molar-refractivity contribution in [1.29, 1.82) is 0 Å². The number of nitrogen functional groups attached to an aromatic ring is 1. The first kappa shape index (κ1) is 16.4. The van der Waals surface area contributed by atoms with Gasteiger partial charge in [-0.1, -0.05) is 0 Å². The lowest BCUT2D eigenvalue weighted by Gasteiger charge is -2.17. The molecule has 3 atom stereocenters. The topological polar surface area (TPSA) is 166 Å². The number of phosphoric acid groups is 1. The number of ether oxygens (including phenoxy) is 1. The van der Waals surface area contributed by atoms with Crippen LogP contribution in [-0.2, 0) is 13.8 Å². The number of rotatable bonds is 4. The number of thiol groups is 1. The van der Waals surface area contributed by atoms with Crippen molar-refractivity contribution in [3.63, 3.8) is 0 Å². The summed E-state index contributed by atoms with van der Waals surface area (Å²) in [5, 5.41) is -0.305. The molecule has 11 nitrogen and oxygen atoms in total. The SMILES string of the molecule is Nc1nc2c(ncn2[C@@H]2O[C@H](COP(=O)(O)O)C[C@H]2S)c(=O)[nH]1. The van der Waals surface area contributed by atoms with E-state index in [1.807, 2.05) is 0 Å². The van der Waals surface area contributed by atoms with Crippen molar-refractivity contribution in [3.8, 4) is 0 Å². The van der Waals surface area contributed by atoms with Crippen molar-refractivity contribution in [3.05, 3.63) is 16.7 Å². The van der Waals surface area contributed by atoms with E-state index < -0.39 is 25.7 Å². The molecule has 0 unspecified atom stereocenters. The molecule has 2 aromatic rings. The van der Waals surface area contributed by atoms with Crippen LogP contribution in [0, 0.1) is 0 Å². The number of nitrogens with one attached hydrogen (secondary N) is 1. The maximum absolute atomic E-state index is 11.8. The van der Waals surface area contributed by atoms with Crippen molar-refractivity contribution in [1.82, 2.24) is 19.5 Å². The lowest BCUT2D eigenvalue weighted by molar-refractivity contribution is -0.0193. The molecule has 0 bridgehead atoms. The number of hydrogen-bond donors (Lipinski definition) is 5. The predicted octanol–water partition coefficient (Wildman–Crippen LogP) is -0.603. The number of aromatic nitrogens is 4. The Morgan fingerprint density at radius 2 is 2.35 bits per heavy atom. The Hall–Kier alpha value is -1.43. The van der Waals surface area contributed by atoms with Gasteiger partial charge in [0.2, 0.25) is 5.95 Å². The number of H-pyrrole nitrogens is 1. The number of anilines is 1. The molecule has 23 heavy (non-hydrogen) atoms. The van der Waals surface area contributed by atoms with E-state index in [1.165, 1.54) is 10.9 Å². The highest BCUT2D eigenvalue weighted by molar-refractivity contribution is 7.81. The second kappa shape index (κ2) is 5.89. The zero-order chi connectivity index (χ0) is 16.8. The molecule has 1 aliphatic rings. The zero-order valence-electron chi connectivity index (χ0n) is 11.6. The van der Waals surface area contributed by atoms with Crippen LogP contribution in [0.2, 0.25) is 0 Å². The minimum atomic E-state index is -4.57. The smallest absolute Gasteiger partial charge is 0.369 e. The Labute approximate surface area is 134 Å². The number of hydrogen-bond acceptors (Lipinski definition) is 8. The molecule has 0 spiro atoms. The molecule has 0 aliphatic carbocycles. The van der Waals surface area contributed by atoms with Crippen LogP contribution in [0.15, 0.2) is 11.1 Å². The largest absolute Gasteiger partial charge is 0.469 e. The van der Waals surface area contributed by atoms with Crippen LogP contribution in [0.3, 0.4) is 0 Å². The minimum Gasteiger partial charge on any atom is -0.369 e. The molecular formula is C10H14N5O6PS. The van der Waals surface area contributed by atoms with Gasteiger partial charge in [0.1, 0.15) is 6.23 Å². The van der Waals surface area contributed by atoms with Crippen molar-refractivity contribution in [2.75, 3.05) is 12.3 Å². The standard InChI is InChI=1S/C10H14N5O6PS/c11-10-13-7-6(8(16)14-10)12-3-15(7)9-5(23)1-4(21-9)2-20-22(17,18)19/h3-5,9,23H,1-2H2,(H2,17,18,19)(H3,11,13,14,16)/t4-,5+,9+/m0/s1. The van der Waals surface area contributed by atoms with Crippen LogP contribution in [0.5, 0.6) is 0 Å². The molecule has 0 aromatic carbocycles. The van der Waals surface area contributed by atoms with E-state index in [0.717, 1.165) is 0 Å². The number of nitrogens with zero attached hydrogens (tertiary/aromatic N) is 3. The van der Waals surface area contributed by atoms with Gasteiger partial charge in [0.05, 0.1) is 19.0 Å².